The Kier molecular flexibility index (Phi) is 6.26. The van der Waals surface area contributed by atoms with Crippen molar-refractivity contribution in [2.75, 3.05) is 20.2 Å². The molecule has 24 heavy (non-hydrogen) atoms. The number of amides is 1. The van der Waals surface area contributed by atoms with Gasteiger partial charge in [0.05, 0.1) is 12.2 Å². The zero-order chi connectivity index (χ0) is 17.7. The average Bonchev–Trinajstić information content (AvgIpc) is 2.79. The van der Waals surface area contributed by atoms with E-state index in [1.165, 1.54) is 0 Å². The normalized spacial score (nSPS) is 10.7. The summed E-state index contributed by atoms with van der Waals surface area (Å²) in [7, 11) is 3.73. The van der Waals surface area contributed by atoms with E-state index < -0.39 is 0 Å². The van der Waals surface area contributed by atoms with Gasteiger partial charge in [-0.15, -0.1) is 0 Å². The molecular formula is C18H24ClN3O2. The summed E-state index contributed by atoms with van der Waals surface area (Å²) in [6.45, 7) is 5.02. The molecule has 2 aromatic rings. The number of rotatable bonds is 7. The number of hydrogen-bond acceptors (Lipinski definition) is 3. The number of halogens is 1. The zero-order valence-corrected chi connectivity index (χ0v) is 15.4. The molecule has 1 aromatic carbocycles. The fourth-order valence-electron chi connectivity index (χ4n) is 2.56. The standard InChI is InChI=1S/C18H24ClN3O2/c1-13-17(14(2)22(4)20-13)9-10-18(23)21(3)11-12-24-16-7-5-15(19)6-8-16/h5-8H,9-12H2,1-4H3. The molecule has 0 unspecified atom stereocenters. The minimum atomic E-state index is 0.109. The molecule has 6 heteroatoms. The van der Waals surface area contributed by atoms with Crippen LogP contribution in [0.1, 0.15) is 23.4 Å². The van der Waals surface area contributed by atoms with Gasteiger partial charge in [0.2, 0.25) is 5.91 Å². The second-order valence-corrected chi connectivity index (χ2v) is 6.33. The molecule has 0 radical (unpaired) electrons. The molecule has 0 saturated heterocycles. The quantitative estimate of drug-likeness (QED) is 0.771. The molecule has 0 bridgehead atoms. The fourth-order valence-corrected chi connectivity index (χ4v) is 2.68. The largest absolute Gasteiger partial charge is 0.492 e. The molecule has 0 fully saturated rings. The Morgan fingerprint density at radius 3 is 2.54 bits per heavy atom. The van der Waals surface area contributed by atoms with E-state index in [2.05, 4.69) is 5.10 Å². The topological polar surface area (TPSA) is 47.4 Å². The molecule has 0 aliphatic rings. The molecule has 1 amide bonds. The van der Waals surface area contributed by atoms with Gasteiger partial charge in [-0.05, 0) is 50.1 Å². The summed E-state index contributed by atoms with van der Waals surface area (Å²) in [6.07, 6.45) is 1.19. The lowest BCUT2D eigenvalue weighted by Crippen LogP contribution is -2.31. The van der Waals surface area contributed by atoms with Crippen molar-refractivity contribution in [3.05, 3.63) is 46.2 Å². The maximum atomic E-state index is 12.3. The molecule has 0 N–H and O–H groups in total. The summed E-state index contributed by atoms with van der Waals surface area (Å²) < 4.78 is 7.48. The van der Waals surface area contributed by atoms with E-state index >= 15 is 0 Å². The van der Waals surface area contributed by atoms with Gasteiger partial charge in [-0.2, -0.15) is 5.10 Å². The van der Waals surface area contributed by atoms with Crippen LogP contribution < -0.4 is 4.74 Å². The van der Waals surface area contributed by atoms with Gasteiger partial charge in [0.25, 0.3) is 0 Å². The third-order valence-electron chi connectivity index (χ3n) is 4.18. The summed E-state index contributed by atoms with van der Waals surface area (Å²) >= 11 is 5.83. The van der Waals surface area contributed by atoms with Crippen molar-refractivity contribution in [1.82, 2.24) is 14.7 Å². The Balaban J connectivity index is 1.76. The zero-order valence-electron chi connectivity index (χ0n) is 14.7. The fraction of sp³-hybridized carbons (Fsp3) is 0.444. The number of carbonyl (C=O) groups is 1. The van der Waals surface area contributed by atoms with E-state index in [4.69, 9.17) is 16.3 Å². The lowest BCUT2D eigenvalue weighted by molar-refractivity contribution is -0.130. The lowest BCUT2D eigenvalue weighted by Gasteiger charge is -2.17. The highest BCUT2D eigenvalue weighted by Crippen LogP contribution is 2.16. The van der Waals surface area contributed by atoms with Crippen LogP contribution in [0.3, 0.4) is 0 Å². The Morgan fingerprint density at radius 2 is 1.96 bits per heavy atom. The molecule has 0 saturated carbocycles. The molecule has 0 atom stereocenters. The van der Waals surface area contributed by atoms with Crippen LogP contribution in [0.25, 0.3) is 0 Å². The second-order valence-electron chi connectivity index (χ2n) is 5.89. The second kappa shape index (κ2) is 8.20. The number of aromatic nitrogens is 2. The monoisotopic (exact) mass is 349 g/mol. The summed E-state index contributed by atoms with van der Waals surface area (Å²) in [4.78, 5) is 14.0. The van der Waals surface area contributed by atoms with Gasteiger partial charge in [-0.3, -0.25) is 9.48 Å². The van der Waals surface area contributed by atoms with Crippen molar-refractivity contribution in [2.24, 2.45) is 7.05 Å². The van der Waals surface area contributed by atoms with Crippen LogP contribution in [0.2, 0.25) is 5.02 Å². The van der Waals surface area contributed by atoms with Gasteiger partial charge >= 0.3 is 0 Å². The first kappa shape index (κ1) is 18.3. The number of benzene rings is 1. The van der Waals surface area contributed by atoms with Gasteiger partial charge in [0, 0.05) is 31.2 Å². The highest BCUT2D eigenvalue weighted by Gasteiger charge is 2.13. The first-order valence-corrected chi connectivity index (χ1v) is 8.37. The first-order chi connectivity index (χ1) is 11.4. The molecule has 2 rings (SSSR count). The maximum Gasteiger partial charge on any atom is 0.222 e. The third kappa shape index (κ3) is 4.74. The van der Waals surface area contributed by atoms with Crippen molar-refractivity contribution in [3.63, 3.8) is 0 Å². The predicted molar refractivity (Wildman–Crippen MR) is 95.6 cm³/mol. The molecule has 0 spiro atoms. The van der Waals surface area contributed by atoms with Crippen LogP contribution >= 0.6 is 11.6 Å². The van der Waals surface area contributed by atoms with Crippen LogP contribution in [0.15, 0.2) is 24.3 Å². The number of aryl methyl sites for hydroxylation is 2. The molecule has 130 valence electrons. The predicted octanol–water partition coefficient (Wildman–Crippen LogP) is 3.16. The summed E-state index contributed by atoms with van der Waals surface area (Å²) in [6, 6.07) is 7.20. The lowest BCUT2D eigenvalue weighted by atomic mass is 10.1. The average molecular weight is 350 g/mol. The number of hydrogen-bond donors (Lipinski definition) is 0. The van der Waals surface area contributed by atoms with Gasteiger partial charge in [-0.25, -0.2) is 0 Å². The summed E-state index contributed by atoms with van der Waals surface area (Å²) in [5, 5.41) is 5.06. The van der Waals surface area contributed by atoms with E-state index in [0.717, 1.165) is 22.7 Å². The van der Waals surface area contributed by atoms with Crippen LogP contribution in [0.4, 0.5) is 0 Å². The smallest absolute Gasteiger partial charge is 0.222 e. The van der Waals surface area contributed by atoms with Crippen LogP contribution in [0, 0.1) is 13.8 Å². The number of nitrogens with zero attached hydrogens (tertiary/aromatic N) is 3. The molecular weight excluding hydrogens is 326 g/mol. The van der Waals surface area contributed by atoms with E-state index in [9.17, 15) is 4.79 Å². The van der Waals surface area contributed by atoms with Crippen molar-refractivity contribution in [1.29, 1.82) is 0 Å². The van der Waals surface area contributed by atoms with Crippen LogP contribution in [-0.2, 0) is 18.3 Å². The van der Waals surface area contributed by atoms with Crippen LogP contribution in [0.5, 0.6) is 5.75 Å². The Hall–Kier alpha value is -2.01. The van der Waals surface area contributed by atoms with Gasteiger partial charge in [0.1, 0.15) is 12.4 Å². The highest BCUT2D eigenvalue weighted by atomic mass is 35.5. The van der Waals surface area contributed by atoms with Crippen molar-refractivity contribution in [3.8, 4) is 5.75 Å². The number of likely N-dealkylation sites (N-methyl/N-ethyl adjacent to an activating group) is 1. The minimum Gasteiger partial charge on any atom is -0.492 e. The first-order valence-electron chi connectivity index (χ1n) is 8.00. The highest BCUT2D eigenvalue weighted by molar-refractivity contribution is 6.30. The Labute approximate surface area is 148 Å². The van der Waals surface area contributed by atoms with Crippen molar-refractivity contribution in [2.45, 2.75) is 26.7 Å². The van der Waals surface area contributed by atoms with Gasteiger partial charge < -0.3 is 9.64 Å². The molecule has 0 aliphatic carbocycles. The Morgan fingerprint density at radius 1 is 1.29 bits per heavy atom. The van der Waals surface area contributed by atoms with E-state index in [0.29, 0.717) is 31.0 Å². The van der Waals surface area contributed by atoms with E-state index in [1.807, 2.05) is 37.7 Å². The minimum absolute atomic E-state index is 0.109. The van der Waals surface area contributed by atoms with Crippen molar-refractivity contribution < 1.29 is 9.53 Å². The van der Waals surface area contributed by atoms with Gasteiger partial charge in [0.15, 0.2) is 0 Å². The molecule has 1 aromatic heterocycles. The summed E-state index contributed by atoms with van der Waals surface area (Å²) in [5.41, 5.74) is 3.28. The van der Waals surface area contributed by atoms with Crippen molar-refractivity contribution >= 4 is 17.5 Å². The molecule has 1 heterocycles. The maximum absolute atomic E-state index is 12.3. The number of carbonyl (C=O) groups excluding carboxylic acids is 1. The van der Waals surface area contributed by atoms with E-state index in [-0.39, 0.29) is 5.91 Å². The SMILES string of the molecule is Cc1nn(C)c(C)c1CCC(=O)N(C)CCOc1ccc(Cl)cc1. The summed E-state index contributed by atoms with van der Waals surface area (Å²) in [5.74, 6) is 0.860. The van der Waals surface area contributed by atoms with Crippen LogP contribution in [-0.4, -0.2) is 40.8 Å². The Bertz CT molecular complexity index is 695. The number of ether oxygens (including phenoxy) is 1. The van der Waals surface area contributed by atoms with E-state index in [1.54, 1.807) is 24.1 Å². The molecule has 5 nitrogen and oxygen atoms in total. The third-order valence-corrected chi connectivity index (χ3v) is 4.43. The molecule has 0 aliphatic heterocycles. The van der Waals surface area contributed by atoms with Gasteiger partial charge in [-0.1, -0.05) is 11.6 Å².